The van der Waals surface area contributed by atoms with Gasteiger partial charge in [-0.2, -0.15) is 0 Å². The van der Waals surface area contributed by atoms with Crippen molar-refractivity contribution in [2.75, 3.05) is 19.6 Å². The summed E-state index contributed by atoms with van der Waals surface area (Å²) < 4.78 is 0. The summed E-state index contributed by atoms with van der Waals surface area (Å²) in [5.41, 5.74) is 3.20. The lowest BCUT2D eigenvalue weighted by molar-refractivity contribution is 0.0510. The Kier molecular flexibility index (Phi) is 2.26. The fourth-order valence-corrected chi connectivity index (χ4v) is 3.16. The Bertz CT molecular complexity index is 483. The first-order chi connectivity index (χ1) is 8.18. The van der Waals surface area contributed by atoms with E-state index in [1.54, 1.807) is 0 Å². The molecule has 1 amide bonds. The zero-order chi connectivity index (χ0) is 12.0. The highest BCUT2D eigenvalue weighted by Gasteiger charge is 2.47. The summed E-state index contributed by atoms with van der Waals surface area (Å²) in [6, 6.07) is 6.26. The number of rotatable bonds is 1. The van der Waals surface area contributed by atoms with E-state index >= 15 is 0 Å². The number of nitrogens with zero attached hydrogens (tertiary/aromatic N) is 1. The predicted molar refractivity (Wildman–Crippen MR) is 67.1 cm³/mol. The van der Waals surface area contributed by atoms with E-state index < -0.39 is 0 Å². The number of piperazine rings is 1. The monoisotopic (exact) mass is 230 g/mol. The van der Waals surface area contributed by atoms with E-state index in [1.165, 1.54) is 11.1 Å². The van der Waals surface area contributed by atoms with E-state index in [0.717, 1.165) is 31.6 Å². The molecule has 1 aromatic rings. The van der Waals surface area contributed by atoms with Gasteiger partial charge in [-0.3, -0.25) is 4.79 Å². The average Bonchev–Trinajstić information content (AvgIpc) is 2.59. The largest absolute Gasteiger partial charge is 0.327 e. The second kappa shape index (κ2) is 3.57. The van der Waals surface area contributed by atoms with Crippen molar-refractivity contribution in [1.29, 1.82) is 0 Å². The quantitative estimate of drug-likeness (QED) is 0.793. The highest BCUT2D eigenvalue weighted by Crippen LogP contribution is 2.40. The van der Waals surface area contributed by atoms with Gasteiger partial charge in [0.25, 0.3) is 5.91 Å². The second-order valence-electron chi connectivity index (χ2n) is 5.10. The van der Waals surface area contributed by atoms with Crippen molar-refractivity contribution in [2.24, 2.45) is 0 Å². The van der Waals surface area contributed by atoms with Gasteiger partial charge in [-0.25, -0.2) is 0 Å². The Morgan fingerprint density at radius 2 is 2.29 bits per heavy atom. The highest BCUT2D eigenvalue weighted by molar-refractivity contribution is 6.01. The molecule has 17 heavy (non-hydrogen) atoms. The maximum absolute atomic E-state index is 12.5. The minimum atomic E-state index is -0.143. The van der Waals surface area contributed by atoms with Gasteiger partial charge in [-0.05, 0) is 24.5 Å². The van der Waals surface area contributed by atoms with E-state index in [9.17, 15) is 4.79 Å². The standard InChI is InChI=1S/C14H18N2O/c1-3-10-5-4-6-11-12(10)13(17)16-8-7-15-9-14(11,16)2/h4-6,15H,3,7-9H2,1-2H3/t14-/m0/s1. The van der Waals surface area contributed by atoms with Gasteiger partial charge in [-0.1, -0.05) is 25.1 Å². The third-order valence-corrected chi connectivity index (χ3v) is 4.15. The van der Waals surface area contributed by atoms with Gasteiger partial charge in [0.05, 0.1) is 5.54 Å². The molecule has 2 aliphatic heterocycles. The highest BCUT2D eigenvalue weighted by atomic mass is 16.2. The Balaban J connectivity index is 2.21. The molecule has 0 unspecified atom stereocenters. The van der Waals surface area contributed by atoms with Crippen molar-refractivity contribution in [2.45, 2.75) is 25.8 Å². The van der Waals surface area contributed by atoms with Crippen LogP contribution in [0.25, 0.3) is 0 Å². The van der Waals surface area contributed by atoms with Crippen LogP contribution in [0.5, 0.6) is 0 Å². The van der Waals surface area contributed by atoms with E-state index in [4.69, 9.17) is 0 Å². The molecule has 3 heteroatoms. The van der Waals surface area contributed by atoms with Crippen LogP contribution in [-0.2, 0) is 12.0 Å². The fraction of sp³-hybridized carbons (Fsp3) is 0.500. The molecule has 0 saturated carbocycles. The van der Waals surface area contributed by atoms with Gasteiger partial charge in [0.2, 0.25) is 0 Å². The molecule has 0 bridgehead atoms. The summed E-state index contributed by atoms with van der Waals surface area (Å²) >= 11 is 0. The van der Waals surface area contributed by atoms with Gasteiger partial charge in [0.1, 0.15) is 0 Å². The Labute approximate surface area is 102 Å². The number of carbonyl (C=O) groups is 1. The molecule has 2 aliphatic rings. The molecule has 0 aromatic heterocycles. The average molecular weight is 230 g/mol. The Morgan fingerprint density at radius 3 is 3.06 bits per heavy atom. The summed E-state index contributed by atoms with van der Waals surface area (Å²) in [6.07, 6.45) is 0.923. The number of nitrogens with one attached hydrogen (secondary N) is 1. The lowest BCUT2D eigenvalue weighted by Crippen LogP contribution is -2.55. The molecule has 2 heterocycles. The maximum Gasteiger partial charge on any atom is 0.255 e. The number of aryl methyl sites for hydroxylation is 1. The lowest BCUT2D eigenvalue weighted by atomic mass is 9.88. The molecule has 0 spiro atoms. The molecule has 1 N–H and O–H groups in total. The van der Waals surface area contributed by atoms with Gasteiger partial charge in [0.15, 0.2) is 0 Å². The van der Waals surface area contributed by atoms with Crippen LogP contribution in [0.4, 0.5) is 0 Å². The summed E-state index contributed by atoms with van der Waals surface area (Å²) in [7, 11) is 0. The summed E-state index contributed by atoms with van der Waals surface area (Å²) in [4.78, 5) is 14.5. The molecule has 1 fully saturated rings. The minimum absolute atomic E-state index is 0.143. The van der Waals surface area contributed by atoms with Crippen LogP contribution >= 0.6 is 0 Å². The number of fused-ring (bicyclic) bond motifs is 3. The van der Waals surface area contributed by atoms with Crippen LogP contribution in [0, 0.1) is 0 Å². The molecule has 0 radical (unpaired) electrons. The normalized spacial score (nSPS) is 26.9. The zero-order valence-corrected chi connectivity index (χ0v) is 10.4. The van der Waals surface area contributed by atoms with Crippen molar-refractivity contribution < 1.29 is 4.79 Å². The third-order valence-electron chi connectivity index (χ3n) is 4.15. The SMILES string of the molecule is CCc1cccc2c1C(=O)N1CCNC[C@@]21C. The predicted octanol–water partition coefficient (Wildman–Crippen LogP) is 1.52. The third kappa shape index (κ3) is 1.29. The van der Waals surface area contributed by atoms with Gasteiger partial charge >= 0.3 is 0 Å². The number of hydrogen-bond donors (Lipinski definition) is 1. The first-order valence-corrected chi connectivity index (χ1v) is 6.33. The molecular weight excluding hydrogens is 212 g/mol. The molecule has 0 aliphatic carbocycles. The van der Waals surface area contributed by atoms with Crippen LogP contribution < -0.4 is 5.32 Å². The van der Waals surface area contributed by atoms with Crippen molar-refractivity contribution in [1.82, 2.24) is 10.2 Å². The maximum atomic E-state index is 12.5. The van der Waals surface area contributed by atoms with E-state index in [2.05, 4.69) is 37.4 Å². The van der Waals surface area contributed by atoms with Crippen molar-refractivity contribution in [3.63, 3.8) is 0 Å². The number of hydrogen-bond acceptors (Lipinski definition) is 2. The number of carbonyl (C=O) groups excluding carboxylic acids is 1. The first kappa shape index (κ1) is 10.8. The summed E-state index contributed by atoms with van der Waals surface area (Å²) in [5.74, 6) is 0.224. The fourth-order valence-electron chi connectivity index (χ4n) is 3.16. The molecular formula is C14H18N2O. The number of amides is 1. The Morgan fingerprint density at radius 1 is 1.47 bits per heavy atom. The Hall–Kier alpha value is -1.35. The second-order valence-corrected chi connectivity index (χ2v) is 5.10. The summed E-state index contributed by atoms with van der Waals surface area (Å²) in [5, 5.41) is 3.40. The lowest BCUT2D eigenvalue weighted by Gasteiger charge is -2.40. The van der Waals surface area contributed by atoms with Crippen LogP contribution in [0.2, 0.25) is 0 Å². The molecule has 3 rings (SSSR count). The van der Waals surface area contributed by atoms with Gasteiger partial charge in [-0.15, -0.1) is 0 Å². The van der Waals surface area contributed by atoms with Crippen LogP contribution in [0.1, 0.15) is 35.3 Å². The first-order valence-electron chi connectivity index (χ1n) is 6.33. The molecule has 1 saturated heterocycles. The number of benzene rings is 1. The van der Waals surface area contributed by atoms with Crippen molar-refractivity contribution >= 4 is 5.91 Å². The topological polar surface area (TPSA) is 32.3 Å². The van der Waals surface area contributed by atoms with Crippen molar-refractivity contribution in [3.8, 4) is 0 Å². The van der Waals surface area contributed by atoms with E-state index in [-0.39, 0.29) is 11.4 Å². The summed E-state index contributed by atoms with van der Waals surface area (Å²) in [6.45, 7) is 6.85. The zero-order valence-electron chi connectivity index (χ0n) is 10.4. The molecule has 1 atom stereocenters. The van der Waals surface area contributed by atoms with Gasteiger partial charge < -0.3 is 10.2 Å². The minimum Gasteiger partial charge on any atom is -0.327 e. The molecule has 90 valence electrons. The van der Waals surface area contributed by atoms with Gasteiger partial charge in [0, 0.05) is 25.2 Å². The van der Waals surface area contributed by atoms with Crippen molar-refractivity contribution in [3.05, 3.63) is 34.9 Å². The van der Waals surface area contributed by atoms with E-state index in [0.29, 0.717) is 0 Å². The van der Waals surface area contributed by atoms with Crippen LogP contribution in [-0.4, -0.2) is 30.4 Å². The van der Waals surface area contributed by atoms with Crippen LogP contribution in [0.3, 0.4) is 0 Å². The molecule has 1 aromatic carbocycles. The molecule has 3 nitrogen and oxygen atoms in total. The van der Waals surface area contributed by atoms with Crippen LogP contribution in [0.15, 0.2) is 18.2 Å². The van der Waals surface area contributed by atoms with E-state index in [1.807, 2.05) is 4.90 Å². The smallest absolute Gasteiger partial charge is 0.255 e.